The SMILES string of the molecule is Cc1cc(NC(=O)CSCC(=O)NC(CN)C2CCCCC2)no1.Cl. The van der Waals surface area contributed by atoms with E-state index in [-0.39, 0.29) is 41.8 Å². The number of carbonyl (C=O) groups is 2. The molecule has 0 aliphatic heterocycles. The van der Waals surface area contributed by atoms with Gasteiger partial charge in [-0.1, -0.05) is 24.4 Å². The summed E-state index contributed by atoms with van der Waals surface area (Å²) in [5.41, 5.74) is 5.82. The van der Waals surface area contributed by atoms with Crippen LogP contribution in [-0.2, 0) is 9.59 Å². The van der Waals surface area contributed by atoms with Gasteiger partial charge in [0.25, 0.3) is 0 Å². The molecule has 1 unspecified atom stereocenters. The number of aromatic nitrogens is 1. The van der Waals surface area contributed by atoms with E-state index in [4.69, 9.17) is 10.3 Å². The van der Waals surface area contributed by atoms with Crippen LogP contribution in [0.1, 0.15) is 37.9 Å². The maximum Gasteiger partial charge on any atom is 0.235 e. The van der Waals surface area contributed by atoms with Gasteiger partial charge in [-0.05, 0) is 25.7 Å². The first-order valence-electron chi connectivity index (χ1n) is 8.39. The van der Waals surface area contributed by atoms with Gasteiger partial charge in [0.1, 0.15) is 5.76 Å². The molecule has 1 aromatic rings. The van der Waals surface area contributed by atoms with Crippen molar-refractivity contribution in [3.63, 3.8) is 0 Å². The zero-order valence-corrected chi connectivity index (χ0v) is 16.1. The van der Waals surface area contributed by atoms with E-state index in [0.717, 1.165) is 12.8 Å². The molecule has 1 fully saturated rings. The molecule has 1 saturated carbocycles. The monoisotopic (exact) mass is 390 g/mol. The molecule has 2 amide bonds. The van der Waals surface area contributed by atoms with Crippen LogP contribution in [-0.4, -0.2) is 41.1 Å². The van der Waals surface area contributed by atoms with Crippen LogP contribution in [0.4, 0.5) is 5.82 Å². The fraction of sp³-hybridized carbons (Fsp3) is 0.688. The average Bonchev–Trinajstić information content (AvgIpc) is 2.98. The molecule has 1 aliphatic rings. The highest BCUT2D eigenvalue weighted by Gasteiger charge is 2.23. The number of nitrogens with two attached hydrogens (primary N) is 1. The number of nitrogens with one attached hydrogen (secondary N) is 2. The maximum absolute atomic E-state index is 12.1. The Labute approximate surface area is 158 Å². The Hall–Kier alpha value is -1.25. The second-order valence-corrected chi connectivity index (χ2v) is 7.16. The molecular weight excluding hydrogens is 364 g/mol. The summed E-state index contributed by atoms with van der Waals surface area (Å²) < 4.78 is 4.87. The number of thioether (sulfide) groups is 1. The molecule has 1 aromatic heterocycles. The summed E-state index contributed by atoms with van der Waals surface area (Å²) in [7, 11) is 0. The summed E-state index contributed by atoms with van der Waals surface area (Å²) in [6.07, 6.45) is 5.97. The highest BCUT2D eigenvalue weighted by Crippen LogP contribution is 2.26. The van der Waals surface area contributed by atoms with Gasteiger partial charge in [0.2, 0.25) is 11.8 Å². The van der Waals surface area contributed by atoms with E-state index in [1.165, 1.54) is 31.0 Å². The number of hydrogen-bond donors (Lipinski definition) is 3. The molecule has 7 nitrogen and oxygen atoms in total. The molecule has 0 saturated heterocycles. The van der Waals surface area contributed by atoms with Gasteiger partial charge in [0, 0.05) is 18.7 Å². The molecule has 2 rings (SSSR count). The van der Waals surface area contributed by atoms with Gasteiger partial charge in [-0.3, -0.25) is 9.59 Å². The van der Waals surface area contributed by atoms with Crippen molar-refractivity contribution in [2.75, 3.05) is 23.4 Å². The molecule has 1 heterocycles. The lowest BCUT2D eigenvalue weighted by molar-refractivity contribution is -0.119. The molecule has 0 aromatic carbocycles. The maximum atomic E-state index is 12.1. The van der Waals surface area contributed by atoms with E-state index in [1.54, 1.807) is 13.0 Å². The minimum atomic E-state index is -0.205. The second kappa shape index (κ2) is 11.4. The number of hydrogen-bond acceptors (Lipinski definition) is 6. The van der Waals surface area contributed by atoms with Crippen molar-refractivity contribution in [2.24, 2.45) is 11.7 Å². The van der Waals surface area contributed by atoms with Crippen molar-refractivity contribution in [1.82, 2.24) is 10.5 Å². The van der Waals surface area contributed by atoms with E-state index in [0.29, 0.717) is 24.0 Å². The molecule has 9 heteroatoms. The number of amides is 2. The fourth-order valence-electron chi connectivity index (χ4n) is 2.99. The van der Waals surface area contributed by atoms with Crippen LogP contribution in [0.2, 0.25) is 0 Å². The Morgan fingerprint density at radius 1 is 1.32 bits per heavy atom. The lowest BCUT2D eigenvalue weighted by atomic mass is 9.84. The molecular formula is C16H27ClN4O3S. The first-order chi connectivity index (χ1) is 11.6. The number of rotatable bonds is 8. The van der Waals surface area contributed by atoms with Gasteiger partial charge in [-0.25, -0.2) is 0 Å². The summed E-state index contributed by atoms with van der Waals surface area (Å²) in [4.78, 5) is 23.8. The normalized spacial score (nSPS) is 15.9. The molecule has 1 aliphatic carbocycles. The summed E-state index contributed by atoms with van der Waals surface area (Å²) in [5.74, 6) is 1.67. The minimum Gasteiger partial charge on any atom is -0.360 e. The fourth-order valence-corrected chi connectivity index (χ4v) is 3.62. The van der Waals surface area contributed by atoms with Crippen molar-refractivity contribution < 1.29 is 14.1 Å². The van der Waals surface area contributed by atoms with Crippen molar-refractivity contribution in [2.45, 2.75) is 45.1 Å². The molecule has 0 radical (unpaired) electrons. The molecule has 25 heavy (non-hydrogen) atoms. The summed E-state index contributed by atoms with van der Waals surface area (Å²) >= 11 is 1.27. The first-order valence-corrected chi connectivity index (χ1v) is 9.54. The zero-order valence-electron chi connectivity index (χ0n) is 14.5. The molecule has 142 valence electrons. The Morgan fingerprint density at radius 3 is 2.60 bits per heavy atom. The van der Waals surface area contributed by atoms with E-state index in [9.17, 15) is 9.59 Å². The molecule has 4 N–H and O–H groups in total. The van der Waals surface area contributed by atoms with Crippen LogP contribution in [0.15, 0.2) is 10.6 Å². The van der Waals surface area contributed by atoms with E-state index < -0.39 is 0 Å². The lowest BCUT2D eigenvalue weighted by Crippen LogP contribution is -2.46. The predicted molar refractivity (Wildman–Crippen MR) is 102 cm³/mol. The first kappa shape index (κ1) is 21.8. The van der Waals surface area contributed by atoms with Crippen molar-refractivity contribution in [1.29, 1.82) is 0 Å². The Morgan fingerprint density at radius 2 is 2.00 bits per heavy atom. The third-order valence-corrected chi connectivity index (χ3v) is 5.11. The van der Waals surface area contributed by atoms with E-state index in [1.807, 2.05) is 0 Å². The average molecular weight is 391 g/mol. The Kier molecular flexibility index (Phi) is 9.92. The van der Waals surface area contributed by atoms with Crippen molar-refractivity contribution in [3.05, 3.63) is 11.8 Å². The number of halogens is 1. The summed E-state index contributed by atoms with van der Waals surface area (Å²) in [6, 6.07) is 1.69. The molecule has 1 atom stereocenters. The third kappa shape index (κ3) is 7.66. The largest absolute Gasteiger partial charge is 0.360 e. The quantitative estimate of drug-likeness (QED) is 0.626. The van der Waals surface area contributed by atoms with Crippen LogP contribution in [0.3, 0.4) is 0 Å². The molecule has 0 bridgehead atoms. The van der Waals surface area contributed by atoms with Crippen LogP contribution in [0.25, 0.3) is 0 Å². The van der Waals surface area contributed by atoms with Gasteiger partial charge < -0.3 is 20.9 Å². The van der Waals surface area contributed by atoms with Gasteiger partial charge in [0.05, 0.1) is 11.5 Å². The van der Waals surface area contributed by atoms with Crippen molar-refractivity contribution >= 4 is 41.8 Å². The van der Waals surface area contributed by atoms with Crippen LogP contribution >= 0.6 is 24.2 Å². The van der Waals surface area contributed by atoms with Crippen LogP contribution in [0.5, 0.6) is 0 Å². The minimum absolute atomic E-state index is 0. The second-order valence-electron chi connectivity index (χ2n) is 6.17. The van der Waals surface area contributed by atoms with Gasteiger partial charge in [-0.2, -0.15) is 0 Å². The van der Waals surface area contributed by atoms with Gasteiger partial charge >= 0.3 is 0 Å². The number of carbonyl (C=O) groups excluding carboxylic acids is 2. The highest BCUT2D eigenvalue weighted by atomic mass is 35.5. The number of aryl methyl sites for hydroxylation is 1. The van der Waals surface area contributed by atoms with Crippen LogP contribution in [0, 0.1) is 12.8 Å². The van der Waals surface area contributed by atoms with Gasteiger partial charge in [0.15, 0.2) is 5.82 Å². The van der Waals surface area contributed by atoms with Crippen molar-refractivity contribution in [3.8, 4) is 0 Å². The third-order valence-electron chi connectivity index (χ3n) is 4.18. The molecule has 0 spiro atoms. The topological polar surface area (TPSA) is 110 Å². The zero-order chi connectivity index (χ0) is 17.4. The highest BCUT2D eigenvalue weighted by molar-refractivity contribution is 8.00. The summed E-state index contributed by atoms with van der Waals surface area (Å²) in [6.45, 7) is 2.22. The van der Waals surface area contributed by atoms with E-state index >= 15 is 0 Å². The van der Waals surface area contributed by atoms with Gasteiger partial charge in [-0.15, -0.1) is 24.2 Å². The lowest BCUT2D eigenvalue weighted by Gasteiger charge is -2.30. The van der Waals surface area contributed by atoms with Crippen LogP contribution < -0.4 is 16.4 Å². The summed E-state index contributed by atoms with van der Waals surface area (Å²) in [5, 5.41) is 9.33. The Bertz CT molecular complexity index is 549. The smallest absolute Gasteiger partial charge is 0.235 e. The number of anilines is 1. The predicted octanol–water partition coefficient (Wildman–Crippen LogP) is 2.10. The Balaban J connectivity index is 0.00000312. The standard InChI is InChI=1S/C16H26N4O3S.ClH/c1-11-7-14(20-23-11)19-16(22)10-24-9-15(21)18-13(8-17)12-5-3-2-4-6-12;/h7,12-13H,2-6,8-10,17H2,1H3,(H,18,21)(H,19,20,22);1H. The number of nitrogens with zero attached hydrogens (tertiary/aromatic N) is 1. The van der Waals surface area contributed by atoms with E-state index in [2.05, 4.69) is 15.8 Å².